The van der Waals surface area contributed by atoms with Gasteiger partial charge in [-0.1, -0.05) is 6.92 Å². The zero-order valence-corrected chi connectivity index (χ0v) is 9.17. The Morgan fingerprint density at radius 1 is 1.53 bits per heavy atom. The molecule has 2 rings (SSSR count). The number of H-pyrrole nitrogens is 1. The average Bonchev–Trinajstić information content (AvgIpc) is 2.97. The van der Waals surface area contributed by atoms with E-state index in [1.165, 1.54) is 12.8 Å². The van der Waals surface area contributed by atoms with Gasteiger partial charge in [0, 0.05) is 11.3 Å². The van der Waals surface area contributed by atoms with Gasteiger partial charge in [-0.3, -0.25) is 5.10 Å². The molecule has 1 fully saturated rings. The van der Waals surface area contributed by atoms with Gasteiger partial charge in [0.25, 0.3) is 0 Å². The van der Waals surface area contributed by atoms with Gasteiger partial charge in [0.2, 0.25) is 0 Å². The van der Waals surface area contributed by atoms with Gasteiger partial charge in [0.1, 0.15) is 0 Å². The van der Waals surface area contributed by atoms with Crippen LogP contribution in [0.3, 0.4) is 0 Å². The molecular weight excluding hydrogens is 192 g/mol. The molecule has 0 atom stereocenters. The van der Waals surface area contributed by atoms with Crippen molar-refractivity contribution in [2.24, 2.45) is 0 Å². The molecule has 1 heterocycles. The number of rotatable bonds is 4. The first-order chi connectivity index (χ1) is 7.27. The Kier molecular flexibility index (Phi) is 2.75. The first-order valence-corrected chi connectivity index (χ1v) is 5.52. The second-order valence-corrected chi connectivity index (χ2v) is 3.81. The third-order valence-corrected chi connectivity index (χ3v) is 2.69. The molecule has 0 aliphatic heterocycles. The molecule has 4 heteroatoms. The van der Waals surface area contributed by atoms with Gasteiger partial charge in [-0.05, 0) is 32.1 Å². The SMILES string of the molecule is CCOC(=O)c1n[nH]c(CC)c1C1CC1. The highest BCUT2D eigenvalue weighted by Crippen LogP contribution is 2.43. The van der Waals surface area contributed by atoms with Crippen LogP contribution in [0.1, 0.15) is 54.4 Å². The zero-order chi connectivity index (χ0) is 10.8. The van der Waals surface area contributed by atoms with E-state index in [-0.39, 0.29) is 5.97 Å². The van der Waals surface area contributed by atoms with E-state index < -0.39 is 0 Å². The van der Waals surface area contributed by atoms with Gasteiger partial charge >= 0.3 is 5.97 Å². The topological polar surface area (TPSA) is 55.0 Å². The van der Waals surface area contributed by atoms with Crippen LogP contribution in [0.4, 0.5) is 0 Å². The van der Waals surface area contributed by atoms with Crippen molar-refractivity contribution in [3.05, 3.63) is 17.0 Å². The molecule has 1 aromatic rings. The van der Waals surface area contributed by atoms with Crippen molar-refractivity contribution in [2.75, 3.05) is 6.61 Å². The van der Waals surface area contributed by atoms with Crippen LogP contribution in [0, 0.1) is 0 Å². The second kappa shape index (κ2) is 4.04. The number of nitrogens with zero attached hydrogens (tertiary/aromatic N) is 1. The molecule has 82 valence electrons. The van der Waals surface area contributed by atoms with E-state index >= 15 is 0 Å². The molecule has 1 aliphatic rings. The van der Waals surface area contributed by atoms with Crippen molar-refractivity contribution in [3.63, 3.8) is 0 Å². The van der Waals surface area contributed by atoms with E-state index in [0.29, 0.717) is 18.2 Å². The Hall–Kier alpha value is -1.32. The Morgan fingerprint density at radius 3 is 2.80 bits per heavy atom. The number of aromatic amines is 1. The summed E-state index contributed by atoms with van der Waals surface area (Å²) >= 11 is 0. The van der Waals surface area contributed by atoms with Gasteiger partial charge in [-0.25, -0.2) is 4.79 Å². The summed E-state index contributed by atoms with van der Waals surface area (Å²) in [6, 6.07) is 0. The molecule has 0 unspecified atom stereocenters. The summed E-state index contributed by atoms with van der Waals surface area (Å²) in [5, 5.41) is 7.00. The zero-order valence-electron chi connectivity index (χ0n) is 9.17. The minimum atomic E-state index is -0.296. The monoisotopic (exact) mass is 208 g/mol. The Bertz CT molecular complexity index is 367. The number of carbonyl (C=O) groups is 1. The number of esters is 1. The minimum absolute atomic E-state index is 0.296. The van der Waals surface area contributed by atoms with Crippen molar-refractivity contribution in [1.29, 1.82) is 0 Å². The molecule has 0 saturated heterocycles. The van der Waals surface area contributed by atoms with E-state index in [1.807, 2.05) is 6.92 Å². The molecule has 1 aromatic heterocycles. The molecule has 0 aromatic carbocycles. The summed E-state index contributed by atoms with van der Waals surface area (Å²) in [6.45, 7) is 4.27. The summed E-state index contributed by atoms with van der Waals surface area (Å²) in [5.41, 5.74) is 2.67. The minimum Gasteiger partial charge on any atom is -0.461 e. The van der Waals surface area contributed by atoms with Gasteiger partial charge in [-0.15, -0.1) is 0 Å². The van der Waals surface area contributed by atoms with E-state index in [1.54, 1.807) is 0 Å². The number of ether oxygens (including phenoxy) is 1. The standard InChI is InChI=1S/C11H16N2O2/c1-3-8-9(7-5-6-7)10(13-12-8)11(14)15-4-2/h7H,3-6H2,1-2H3,(H,12,13). The van der Waals surface area contributed by atoms with Crippen LogP contribution in [0.5, 0.6) is 0 Å². The van der Waals surface area contributed by atoms with Crippen LogP contribution in [-0.2, 0) is 11.2 Å². The molecule has 15 heavy (non-hydrogen) atoms. The van der Waals surface area contributed by atoms with Crippen molar-refractivity contribution < 1.29 is 9.53 Å². The Morgan fingerprint density at radius 2 is 2.27 bits per heavy atom. The molecule has 0 amide bonds. The molecule has 4 nitrogen and oxygen atoms in total. The van der Waals surface area contributed by atoms with Crippen molar-refractivity contribution in [3.8, 4) is 0 Å². The van der Waals surface area contributed by atoms with E-state index in [2.05, 4.69) is 17.1 Å². The number of aromatic nitrogens is 2. The number of hydrogen-bond acceptors (Lipinski definition) is 3. The highest BCUT2D eigenvalue weighted by atomic mass is 16.5. The van der Waals surface area contributed by atoms with Crippen LogP contribution < -0.4 is 0 Å². The van der Waals surface area contributed by atoms with Crippen molar-refractivity contribution >= 4 is 5.97 Å². The lowest BCUT2D eigenvalue weighted by Crippen LogP contribution is -2.07. The van der Waals surface area contributed by atoms with Gasteiger partial charge < -0.3 is 4.74 Å². The number of nitrogens with one attached hydrogen (secondary N) is 1. The third-order valence-electron chi connectivity index (χ3n) is 2.69. The normalized spacial score (nSPS) is 15.3. The lowest BCUT2D eigenvalue weighted by atomic mass is 10.1. The third kappa shape index (κ3) is 1.89. The number of carbonyl (C=O) groups excluding carboxylic acids is 1. The quantitative estimate of drug-likeness (QED) is 0.770. The summed E-state index contributed by atoms with van der Waals surface area (Å²) in [5.74, 6) is 0.230. The molecule has 1 N–H and O–H groups in total. The molecule has 1 saturated carbocycles. The lowest BCUT2D eigenvalue weighted by molar-refractivity contribution is 0.0518. The van der Waals surface area contributed by atoms with E-state index in [9.17, 15) is 4.79 Å². The number of aryl methyl sites for hydroxylation is 1. The maximum Gasteiger partial charge on any atom is 0.359 e. The maximum atomic E-state index is 11.6. The summed E-state index contributed by atoms with van der Waals surface area (Å²) in [6.07, 6.45) is 3.22. The van der Waals surface area contributed by atoms with Gasteiger partial charge in [0.05, 0.1) is 6.61 Å². The summed E-state index contributed by atoms with van der Waals surface area (Å²) < 4.78 is 4.98. The van der Waals surface area contributed by atoms with Crippen LogP contribution in [0.25, 0.3) is 0 Å². The van der Waals surface area contributed by atoms with Gasteiger partial charge in [0.15, 0.2) is 5.69 Å². The lowest BCUT2D eigenvalue weighted by Gasteiger charge is -2.02. The maximum absolute atomic E-state index is 11.6. The first-order valence-electron chi connectivity index (χ1n) is 5.52. The van der Waals surface area contributed by atoms with Crippen LogP contribution in [0.2, 0.25) is 0 Å². The Labute approximate surface area is 89.0 Å². The highest BCUT2D eigenvalue weighted by molar-refractivity contribution is 5.89. The molecular formula is C11H16N2O2. The fourth-order valence-electron chi connectivity index (χ4n) is 1.82. The fourth-order valence-corrected chi connectivity index (χ4v) is 1.82. The van der Waals surface area contributed by atoms with Crippen LogP contribution in [-0.4, -0.2) is 22.8 Å². The summed E-state index contributed by atoms with van der Waals surface area (Å²) in [7, 11) is 0. The predicted octanol–water partition coefficient (Wildman–Crippen LogP) is 2.03. The summed E-state index contributed by atoms with van der Waals surface area (Å²) in [4.78, 5) is 11.6. The average molecular weight is 208 g/mol. The highest BCUT2D eigenvalue weighted by Gasteiger charge is 2.33. The van der Waals surface area contributed by atoms with E-state index in [0.717, 1.165) is 17.7 Å². The predicted molar refractivity (Wildman–Crippen MR) is 55.9 cm³/mol. The molecule has 0 radical (unpaired) electrons. The second-order valence-electron chi connectivity index (χ2n) is 3.81. The van der Waals surface area contributed by atoms with E-state index in [4.69, 9.17) is 4.74 Å². The van der Waals surface area contributed by atoms with Crippen LogP contribution >= 0.6 is 0 Å². The molecule has 0 bridgehead atoms. The van der Waals surface area contributed by atoms with Crippen molar-refractivity contribution in [2.45, 2.75) is 39.0 Å². The van der Waals surface area contributed by atoms with Crippen molar-refractivity contribution in [1.82, 2.24) is 10.2 Å². The molecule has 0 spiro atoms. The van der Waals surface area contributed by atoms with Gasteiger partial charge in [-0.2, -0.15) is 5.10 Å². The molecule has 1 aliphatic carbocycles. The Balaban J connectivity index is 2.29. The smallest absolute Gasteiger partial charge is 0.359 e. The fraction of sp³-hybridized carbons (Fsp3) is 0.636. The first kappa shape index (κ1) is 10.2. The largest absolute Gasteiger partial charge is 0.461 e. The van der Waals surface area contributed by atoms with Crippen LogP contribution in [0.15, 0.2) is 0 Å². The number of hydrogen-bond donors (Lipinski definition) is 1.